The number of halogens is 2. The van der Waals surface area contributed by atoms with Crippen LogP contribution in [-0.4, -0.2) is 17.5 Å². The lowest BCUT2D eigenvalue weighted by atomic mass is 10.2. The lowest BCUT2D eigenvalue weighted by Gasteiger charge is -2.06. The third kappa shape index (κ3) is 4.00. The maximum absolute atomic E-state index is 12.4. The molecule has 0 aliphatic heterocycles. The molecule has 128 valence electrons. The third-order valence-corrected chi connectivity index (χ3v) is 3.37. The molecule has 1 aromatic heterocycles. The summed E-state index contributed by atoms with van der Waals surface area (Å²) in [5, 5.41) is 2.64. The van der Waals surface area contributed by atoms with Crippen LogP contribution in [0.15, 0.2) is 59.0 Å². The number of aromatic nitrogens is 1. The second-order valence-electron chi connectivity index (χ2n) is 5.15. The number of benzene rings is 2. The van der Waals surface area contributed by atoms with Crippen molar-refractivity contribution < 1.29 is 22.7 Å². The molecule has 5 nitrogen and oxygen atoms in total. The number of hydrogen-bond donors (Lipinski definition) is 1. The number of oxazole rings is 1. The molecule has 0 aliphatic carbocycles. The Hall–Kier alpha value is -3.22. The summed E-state index contributed by atoms with van der Waals surface area (Å²) in [6.07, 6.45) is 0. The number of aryl methyl sites for hydroxylation is 1. The zero-order valence-electron chi connectivity index (χ0n) is 13.2. The lowest BCUT2D eigenvalue weighted by molar-refractivity contribution is -0.0498. The van der Waals surface area contributed by atoms with Gasteiger partial charge in [0, 0.05) is 11.3 Å². The molecule has 1 amide bonds. The molecular weight excluding hydrogens is 330 g/mol. The van der Waals surface area contributed by atoms with Gasteiger partial charge in [0.2, 0.25) is 5.89 Å². The predicted molar refractivity (Wildman–Crippen MR) is 87.7 cm³/mol. The van der Waals surface area contributed by atoms with Gasteiger partial charge in [0.1, 0.15) is 11.5 Å². The monoisotopic (exact) mass is 344 g/mol. The van der Waals surface area contributed by atoms with Crippen LogP contribution in [-0.2, 0) is 0 Å². The van der Waals surface area contributed by atoms with Crippen molar-refractivity contribution in [2.45, 2.75) is 13.5 Å². The lowest BCUT2D eigenvalue weighted by Crippen LogP contribution is -2.13. The molecule has 7 heteroatoms. The van der Waals surface area contributed by atoms with Gasteiger partial charge in [-0.1, -0.05) is 18.2 Å². The second-order valence-corrected chi connectivity index (χ2v) is 5.15. The summed E-state index contributed by atoms with van der Waals surface area (Å²) < 4.78 is 34.1. The summed E-state index contributed by atoms with van der Waals surface area (Å²) in [4.78, 5) is 16.6. The Bertz CT molecular complexity index is 862. The molecular formula is C18H14F2N2O3. The Morgan fingerprint density at radius 2 is 1.80 bits per heavy atom. The Morgan fingerprint density at radius 1 is 1.12 bits per heavy atom. The van der Waals surface area contributed by atoms with Crippen molar-refractivity contribution in [1.29, 1.82) is 0 Å². The van der Waals surface area contributed by atoms with Crippen molar-refractivity contribution in [2.24, 2.45) is 0 Å². The molecule has 0 saturated carbocycles. The van der Waals surface area contributed by atoms with Crippen LogP contribution in [0.5, 0.6) is 5.75 Å². The van der Waals surface area contributed by atoms with Gasteiger partial charge in [0.15, 0.2) is 5.69 Å². The van der Waals surface area contributed by atoms with E-state index in [0.29, 0.717) is 17.3 Å². The zero-order valence-corrected chi connectivity index (χ0v) is 13.2. The van der Waals surface area contributed by atoms with Gasteiger partial charge < -0.3 is 14.5 Å². The first kappa shape index (κ1) is 16.6. The minimum Gasteiger partial charge on any atom is -0.441 e. The molecule has 3 aromatic rings. The summed E-state index contributed by atoms with van der Waals surface area (Å²) in [6, 6.07) is 14.8. The van der Waals surface area contributed by atoms with E-state index in [9.17, 15) is 13.6 Å². The summed E-state index contributed by atoms with van der Waals surface area (Å²) >= 11 is 0. The van der Waals surface area contributed by atoms with Crippen LogP contribution >= 0.6 is 0 Å². The van der Waals surface area contributed by atoms with E-state index in [4.69, 9.17) is 4.42 Å². The first-order valence-electron chi connectivity index (χ1n) is 7.42. The molecule has 25 heavy (non-hydrogen) atoms. The van der Waals surface area contributed by atoms with Gasteiger partial charge in [0.25, 0.3) is 5.91 Å². The Balaban J connectivity index is 1.74. The normalized spacial score (nSPS) is 10.7. The van der Waals surface area contributed by atoms with Gasteiger partial charge in [-0.2, -0.15) is 8.78 Å². The zero-order chi connectivity index (χ0) is 17.8. The molecule has 0 fully saturated rings. The molecule has 0 atom stereocenters. The van der Waals surface area contributed by atoms with Crippen molar-refractivity contribution in [3.63, 3.8) is 0 Å². The highest BCUT2D eigenvalue weighted by Gasteiger charge is 2.18. The van der Waals surface area contributed by atoms with E-state index in [1.54, 1.807) is 6.92 Å². The van der Waals surface area contributed by atoms with Crippen molar-refractivity contribution >= 4 is 11.6 Å². The molecule has 0 bridgehead atoms. The van der Waals surface area contributed by atoms with E-state index >= 15 is 0 Å². The van der Waals surface area contributed by atoms with E-state index in [1.165, 1.54) is 24.3 Å². The molecule has 0 aliphatic rings. The number of nitrogens with zero attached hydrogens (tertiary/aromatic N) is 1. The van der Waals surface area contributed by atoms with Crippen LogP contribution in [0.4, 0.5) is 14.5 Å². The van der Waals surface area contributed by atoms with Gasteiger partial charge >= 0.3 is 6.61 Å². The number of amides is 1. The quantitative estimate of drug-likeness (QED) is 0.740. The van der Waals surface area contributed by atoms with Crippen molar-refractivity contribution in [2.75, 3.05) is 5.32 Å². The summed E-state index contributed by atoms with van der Waals surface area (Å²) in [6.45, 7) is -1.25. The second kappa shape index (κ2) is 7.12. The van der Waals surface area contributed by atoms with E-state index in [1.807, 2.05) is 30.3 Å². The topological polar surface area (TPSA) is 64.4 Å². The van der Waals surface area contributed by atoms with Crippen molar-refractivity contribution in [1.82, 2.24) is 4.98 Å². The molecule has 3 rings (SSSR count). The number of nitrogens with one attached hydrogen (secondary N) is 1. The van der Waals surface area contributed by atoms with Crippen LogP contribution < -0.4 is 10.1 Å². The fourth-order valence-electron chi connectivity index (χ4n) is 2.22. The van der Waals surface area contributed by atoms with Gasteiger partial charge in [0.05, 0.1) is 0 Å². The third-order valence-electron chi connectivity index (χ3n) is 3.37. The van der Waals surface area contributed by atoms with E-state index in [-0.39, 0.29) is 11.4 Å². The average Bonchev–Trinajstić information content (AvgIpc) is 2.99. The van der Waals surface area contributed by atoms with Gasteiger partial charge in [-0.3, -0.25) is 4.79 Å². The largest absolute Gasteiger partial charge is 0.441 e. The fraction of sp³-hybridized carbons (Fsp3) is 0.111. The molecule has 2 aromatic carbocycles. The number of carbonyl (C=O) groups excluding carboxylic acids is 1. The highest BCUT2D eigenvalue weighted by Crippen LogP contribution is 2.23. The van der Waals surface area contributed by atoms with Crippen LogP contribution in [0.25, 0.3) is 11.5 Å². The number of alkyl halides is 2. The Kier molecular flexibility index (Phi) is 4.74. The van der Waals surface area contributed by atoms with Gasteiger partial charge in [-0.05, 0) is 43.3 Å². The predicted octanol–water partition coefficient (Wildman–Crippen LogP) is 4.50. The minimum absolute atomic E-state index is 0.0111. The molecule has 0 unspecified atom stereocenters. The Labute approximate surface area is 142 Å². The minimum atomic E-state index is -2.89. The van der Waals surface area contributed by atoms with Crippen LogP contribution in [0, 0.1) is 6.92 Å². The number of hydrogen-bond acceptors (Lipinski definition) is 4. The fourth-order valence-corrected chi connectivity index (χ4v) is 2.22. The number of rotatable bonds is 5. The molecule has 0 radical (unpaired) electrons. The molecule has 1 heterocycles. The summed E-state index contributed by atoms with van der Waals surface area (Å²) in [5.74, 6) is 0.292. The first-order chi connectivity index (χ1) is 12.0. The SMILES string of the molecule is Cc1oc(-c2ccccc2)nc1C(=O)Nc1ccc(OC(F)F)cc1. The highest BCUT2D eigenvalue weighted by atomic mass is 19.3. The van der Waals surface area contributed by atoms with Crippen LogP contribution in [0.2, 0.25) is 0 Å². The number of ether oxygens (including phenoxy) is 1. The van der Waals surface area contributed by atoms with E-state index in [2.05, 4.69) is 15.0 Å². The van der Waals surface area contributed by atoms with Crippen molar-refractivity contribution in [3.8, 4) is 17.2 Å². The van der Waals surface area contributed by atoms with Crippen LogP contribution in [0.3, 0.4) is 0 Å². The van der Waals surface area contributed by atoms with Gasteiger partial charge in [-0.25, -0.2) is 4.98 Å². The molecule has 1 N–H and O–H groups in total. The molecule has 0 saturated heterocycles. The highest BCUT2D eigenvalue weighted by molar-refractivity contribution is 6.03. The van der Waals surface area contributed by atoms with E-state index in [0.717, 1.165) is 5.56 Å². The number of anilines is 1. The standard InChI is InChI=1S/C18H14F2N2O3/c1-11-15(22-17(24-11)12-5-3-2-4-6-12)16(23)21-13-7-9-14(10-8-13)25-18(19)20/h2-10,18H,1H3,(H,21,23). The number of carbonyl (C=O) groups is 1. The van der Waals surface area contributed by atoms with E-state index < -0.39 is 12.5 Å². The smallest absolute Gasteiger partial charge is 0.387 e. The average molecular weight is 344 g/mol. The molecule has 0 spiro atoms. The Morgan fingerprint density at radius 3 is 2.44 bits per heavy atom. The van der Waals surface area contributed by atoms with Gasteiger partial charge in [-0.15, -0.1) is 0 Å². The first-order valence-corrected chi connectivity index (χ1v) is 7.42. The summed E-state index contributed by atoms with van der Waals surface area (Å²) in [5.41, 5.74) is 1.35. The summed E-state index contributed by atoms with van der Waals surface area (Å²) in [7, 11) is 0. The maximum Gasteiger partial charge on any atom is 0.387 e. The van der Waals surface area contributed by atoms with Crippen molar-refractivity contribution in [3.05, 3.63) is 66.1 Å². The maximum atomic E-state index is 12.4. The van der Waals surface area contributed by atoms with Crippen LogP contribution in [0.1, 0.15) is 16.2 Å².